The topological polar surface area (TPSA) is 15.3 Å². The Morgan fingerprint density at radius 1 is 1.13 bits per heavy atom. The van der Waals surface area contributed by atoms with E-state index in [4.69, 9.17) is 11.6 Å². The Balaban J connectivity index is 2.14. The van der Waals surface area contributed by atoms with Gasteiger partial charge in [0.2, 0.25) is 0 Å². The Kier molecular flexibility index (Phi) is 4.96. The first-order valence-corrected chi connectivity index (χ1v) is 8.58. The van der Waals surface area contributed by atoms with Gasteiger partial charge in [-0.15, -0.1) is 11.3 Å². The van der Waals surface area contributed by atoms with E-state index in [1.54, 1.807) is 0 Å². The number of piperazine rings is 1. The average Bonchev–Trinajstić information content (AvgIpc) is 3.03. The Labute approximate surface area is 141 Å². The molecule has 0 aliphatic carbocycles. The third-order valence-electron chi connectivity index (χ3n) is 3.96. The molecule has 0 amide bonds. The van der Waals surface area contributed by atoms with Crippen molar-refractivity contribution >= 4 is 22.9 Å². The lowest BCUT2D eigenvalue weighted by molar-refractivity contribution is -0.138. The molecule has 1 aromatic heterocycles. The van der Waals surface area contributed by atoms with Gasteiger partial charge in [-0.05, 0) is 23.6 Å². The smallest absolute Gasteiger partial charge is 0.314 e. The minimum Gasteiger partial charge on any atom is -0.314 e. The number of hydrogen-bond acceptors (Lipinski definition) is 3. The van der Waals surface area contributed by atoms with E-state index in [9.17, 15) is 13.2 Å². The van der Waals surface area contributed by atoms with Crippen LogP contribution >= 0.6 is 22.9 Å². The largest absolute Gasteiger partial charge is 0.416 e. The zero-order chi connectivity index (χ0) is 16.4. The number of alkyl halides is 3. The van der Waals surface area contributed by atoms with Crippen molar-refractivity contribution < 1.29 is 13.2 Å². The molecule has 0 saturated carbocycles. The van der Waals surface area contributed by atoms with Gasteiger partial charge in [-0.3, -0.25) is 4.90 Å². The summed E-state index contributed by atoms with van der Waals surface area (Å²) in [5, 5.41) is 5.28. The number of thiophene rings is 1. The molecule has 0 unspecified atom stereocenters. The van der Waals surface area contributed by atoms with Crippen LogP contribution in [0, 0.1) is 0 Å². The zero-order valence-corrected chi connectivity index (χ0v) is 13.8. The summed E-state index contributed by atoms with van der Waals surface area (Å²) < 4.78 is 40.5. The van der Waals surface area contributed by atoms with Gasteiger partial charge in [-0.2, -0.15) is 13.2 Å². The van der Waals surface area contributed by atoms with Crippen LogP contribution in [0.4, 0.5) is 13.2 Å². The van der Waals surface area contributed by atoms with Gasteiger partial charge in [0.15, 0.2) is 0 Å². The van der Waals surface area contributed by atoms with Crippen LogP contribution in [0.1, 0.15) is 22.0 Å². The monoisotopic (exact) mass is 360 g/mol. The molecule has 2 aromatic rings. The zero-order valence-electron chi connectivity index (χ0n) is 12.2. The van der Waals surface area contributed by atoms with Crippen LogP contribution < -0.4 is 5.32 Å². The SMILES string of the molecule is FC(F)(F)c1cccc(Cl)c1[C@@H](c1cccs1)N1CCNCC1. The number of nitrogens with one attached hydrogen (secondary N) is 1. The predicted molar refractivity (Wildman–Crippen MR) is 87.1 cm³/mol. The highest BCUT2D eigenvalue weighted by atomic mass is 35.5. The first-order valence-electron chi connectivity index (χ1n) is 7.32. The van der Waals surface area contributed by atoms with E-state index < -0.39 is 17.8 Å². The van der Waals surface area contributed by atoms with Crippen LogP contribution in [-0.4, -0.2) is 31.1 Å². The van der Waals surface area contributed by atoms with E-state index in [2.05, 4.69) is 10.2 Å². The van der Waals surface area contributed by atoms with E-state index >= 15 is 0 Å². The maximum absolute atomic E-state index is 13.5. The van der Waals surface area contributed by atoms with Gasteiger partial charge in [0, 0.05) is 41.6 Å². The molecular formula is C16H16ClF3N2S. The van der Waals surface area contributed by atoms with Crippen molar-refractivity contribution in [2.45, 2.75) is 12.2 Å². The molecule has 2 nitrogen and oxygen atoms in total. The minimum atomic E-state index is -4.43. The van der Waals surface area contributed by atoms with Crippen LogP contribution in [0.3, 0.4) is 0 Å². The van der Waals surface area contributed by atoms with Crippen LogP contribution in [0.5, 0.6) is 0 Å². The summed E-state index contributed by atoms with van der Waals surface area (Å²) in [6.45, 7) is 2.89. The Hall–Kier alpha value is -1.08. The fraction of sp³-hybridized carbons (Fsp3) is 0.375. The van der Waals surface area contributed by atoms with Crippen molar-refractivity contribution in [3.8, 4) is 0 Å². The second-order valence-electron chi connectivity index (χ2n) is 5.40. The first kappa shape index (κ1) is 16.8. The Morgan fingerprint density at radius 2 is 1.87 bits per heavy atom. The summed E-state index contributed by atoms with van der Waals surface area (Å²) in [5.41, 5.74) is -0.493. The lowest BCUT2D eigenvalue weighted by Crippen LogP contribution is -2.45. The Morgan fingerprint density at radius 3 is 2.48 bits per heavy atom. The molecular weight excluding hydrogens is 345 g/mol. The van der Waals surface area contributed by atoms with E-state index in [0.29, 0.717) is 13.1 Å². The van der Waals surface area contributed by atoms with Crippen LogP contribution in [0.25, 0.3) is 0 Å². The molecule has 7 heteroatoms. The molecule has 3 rings (SSSR count). The van der Waals surface area contributed by atoms with Gasteiger partial charge in [0.1, 0.15) is 0 Å². The van der Waals surface area contributed by atoms with Gasteiger partial charge < -0.3 is 5.32 Å². The number of benzene rings is 1. The molecule has 1 aliphatic heterocycles. The predicted octanol–water partition coefficient (Wildman–Crippen LogP) is 4.41. The van der Waals surface area contributed by atoms with Crippen molar-refractivity contribution in [3.05, 3.63) is 56.7 Å². The molecule has 1 saturated heterocycles. The molecule has 0 spiro atoms. The summed E-state index contributed by atoms with van der Waals surface area (Å²) in [6, 6.07) is 7.28. The molecule has 0 bridgehead atoms. The molecule has 1 fully saturated rings. The van der Waals surface area contributed by atoms with Crippen molar-refractivity contribution in [1.29, 1.82) is 0 Å². The summed E-state index contributed by atoms with van der Waals surface area (Å²) in [5.74, 6) is 0. The fourth-order valence-electron chi connectivity index (χ4n) is 2.95. The molecule has 1 aliphatic rings. The van der Waals surface area contributed by atoms with Crippen molar-refractivity contribution in [2.24, 2.45) is 0 Å². The highest BCUT2D eigenvalue weighted by Gasteiger charge is 2.38. The number of rotatable bonds is 3. The highest BCUT2D eigenvalue weighted by Crippen LogP contribution is 2.43. The van der Waals surface area contributed by atoms with E-state index in [1.165, 1.54) is 23.5 Å². The molecule has 1 atom stereocenters. The fourth-order valence-corrected chi connectivity index (χ4v) is 4.10. The Bertz CT molecular complexity index is 652. The summed E-state index contributed by atoms with van der Waals surface area (Å²) in [6.07, 6.45) is -4.43. The van der Waals surface area contributed by atoms with Gasteiger partial charge in [-0.25, -0.2) is 0 Å². The second kappa shape index (κ2) is 6.81. The highest BCUT2D eigenvalue weighted by molar-refractivity contribution is 7.10. The van der Waals surface area contributed by atoms with Crippen LogP contribution in [-0.2, 0) is 6.18 Å². The number of hydrogen-bond donors (Lipinski definition) is 1. The van der Waals surface area contributed by atoms with Crippen molar-refractivity contribution in [3.63, 3.8) is 0 Å². The van der Waals surface area contributed by atoms with Crippen LogP contribution in [0.2, 0.25) is 5.02 Å². The minimum absolute atomic E-state index is 0.158. The molecule has 124 valence electrons. The van der Waals surface area contributed by atoms with Gasteiger partial charge in [0.25, 0.3) is 0 Å². The maximum atomic E-state index is 13.5. The third kappa shape index (κ3) is 3.55. The first-order chi connectivity index (χ1) is 11.0. The normalized spacial score (nSPS) is 18.1. The van der Waals surface area contributed by atoms with E-state index in [-0.39, 0.29) is 10.6 Å². The van der Waals surface area contributed by atoms with Gasteiger partial charge in [0.05, 0.1) is 11.6 Å². The van der Waals surface area contributed by atoms with E-state index in [0.717, 1.165) is 24.0 Å². The molecule has 0 radical (unpaired) electrons. The second-order valence-corrected chi connectivity index (χ2v) is 6.79. The molecule has 2 heterocycles. The third-order valence-corrected chi connectivity index (χ3v) is 5.22. The molecule has 1 N–H and O–H groups in total. The molecule has 1 aromatic carbocycles. The summed E-state index contributed by atoms with van der Waals surface area (Å²) >= 11 is 7.69. The summed E-state index contributed by atoms with van der Waals surface area (Å²) in [4.78, 5) is 2.95. The standard InChI is InChI=1S/C16H16ClF3N2S/c17-12-4-1-3-11(16(18,19)20)14(12)15(13-5-2-10-23-13)22-8-6-21-7-9-22/h1-5,10,15,21H,6-9H2/t15-/m1/s1. The van der Waals surface area contributed by atoms with Crippen LogP contribution in [0.15, 0.2) is 35.7 Å². The average molecular weight is 361 g/mol. The number of nitrogens with zero attached hydrogens (tertiary/aromatic N) is 1. The quantitative estimate of drug-likeness (QED) is 0.872. The lowest BCUT2D eigenvalue weighted by Gasteiger charge is -2.36. The maximum Gasteiger partial charge on any atom is 0.416 e. The van der Waals surface area contributed by atoms with E-state index in [1.807, 2.05) is 17.5 Å². The summed E-state index contributed by atoms with van der Waals surface area (Å²) in [7, 11) is 0. The van der Waals surface area contributed by atoms with Gasteiger partial charge >= 0.3 is 6.18 Å². The molecule has 23 heavy (non-hydrogen) atoms. The van der Waals surface area contributed by atoms with Crippen molar-refractivity contribution in [2.75, 3.05) is 26.2 Å². The van der Waals surface area contributed by atoms with Gasteiger partial charge in [-0.1, -0.05) is 23.7 Å². The lowest BCUT2D eigenvalue weighted by atomic mass is 9.96. The van der Waals surface area contributed by atoms with Crippen molar-refractivity contribution in [1.82, 2.24) is 10.2 Å². The number of halogens is 4.